The number of anilines is 1. The Hall–Kier alpha value is -1.55. The molecule has 90 valence electrons. The average molecular weight is 253 g/mol. The van der Waals surface area contributed by atoms with Crippen LogP contribution in [-0.2, 0) is 4.79 Å². The average Bonchev–Trinajstić information content (AvgIpc) is 2.32. The molecule has 1 heterocycles. The van der Waals surface area contributed by atoms with Gasteiger partial charge in [-0.15, -0.1) is 0 Å². The van der Waals surface area contributed by atoms with E-state index in [0.29, 0.717) is 30.2 Å². The first-order valence-electron chi connectivity index (χ1n) is 5.51. The lowest BCUT2D eigenvalue weighted by atomic mass is 10.2. The summed E-state index contributed by atoms with van der Waals surface area (Å²) in [6, 6.07) is 6.44. The minimum atomic E-state index is -0.258. The molecule has 5 heteroatoms. The first-order chi connectivity index (χ1) is 8.13. The van der Waals surface area contributed by atoms with Crippen LogP contribution in [0.1, 0.15) is 13.3 Å². The van der Waals surface area contributed by atoms with Crippen LogP contribution in [0.15, 0.2) is 24.3 Å². The van der Waals surface area contributed by atoms with E-state index in [9.17, 15) is 9.59 Å². The number of benzene rings is 1. The SMILES string of the molecule is CCN1CCC(=O)N(c2ccc(Cl)cc2)C1=O. The molecule has 4 nitrogen and oxygen atoms in total. The molecule has 0 unspecified atom stereocenters. The normalized spacial score (nSPS) is 16.6. The largest absolute Gasteiger partial charge is 0.331 e. The number of hydrogen-bond acceptors (Lipinski definition) is 2. The lowest BCUT2D eigenvalue weighted by Crippen LogP contribution is -2.52. The van der Waals surface area contributed by atoms with Crippen LogP contribution < -0.4 is 4.90 Å². The number of rotatable bonds is 2. The molecule has 1 aliphatic heterocycles. The molecule has 1 aromatic carbocycles. The van der Waals surface area contributed by atoms with E-state index in [2.05, 4.69) is 0 Å². The molecular weight excluding hydrogens is 240 g/mol. The molecular formula is C12H13ClN2O2. The maximum atomic E-state index is 12.1. The third kappa shape index (κ3) is 2.26. The van der Waals surface area contributed by atoms with Gasteiger partial charge in [0.15, 0.2) is 0 Å². The molecule has 0 aromatic heterocycles. The van der Waals surface area contributed by atoms with Crippen molar-refractivity contribution >= 4 is 29.2 Å². The Bertz CT molecular complexity index is 444. The van der Waals surface area contributed by atoms with Crippen molar-refractivity contribution in [3.05, 3.63) is 29.3 Å². The smallest absolute Gasteiger partial charge is 0.324 e. The maximum Gasteiger partial charge on any atom is 0.331 e. The van der Waals surface area contributed by atoms with Gasteiger partial charge in [0.1, 0.15) is 0 Å². The molecule has 0 atom stereocenters. The van der Waals surface area contributed by atoms with Gasteiger partial charge in [0.2, 0.25) is 5.91 Å². The Balaban J connectivity index is 2.31. The second-order valence-corrected chi connectivity index (χ2v) is 4.25. The van der Waals surface area contributed by atoms with Gasteiger partial charge in [0, 0.05) is 24.5 Å². The molecule has 0 radical (unpaired) electrons. The summed E-state index contributed by atoms with van der Waals surface area (Å²) < 4.78 is 0. The summed E-state index contributed by atoms with van der Waals surface area (Å²) in [4.78, 5) is 26.7. The highest BCUT2D eigenvalue weighted by atomic mass is 35.5. The summed E-state index contributed by atoms with van der Waals surface area (Å²) in [5.41, 5.74) is 0.572. The van der Waals surface area contributed by atoms with E-state index in [-0.39, 0.29) is 11.9 Å². The molecule has 0 N–H and O–H groups in total. The number of imide groups is 1. The third-order valence-corrected chi connectivity index (χ3v) is 3.03. The highest BCUT2D eigenvalue weighted by Gasteiger charge is 2.32. The molecule has 0 spiro atoms. The van der Waals surface area contributed by atoms with Crippen molar-refractivity contribution in [1.29, 1.82) is 0 Å². The fourth-order valence-electron chi connectivity index (χ4n) is 1.82. The maximum absolute atomic E-state index is 12.1. The third-order valence-electron chi connectivity index (χ3n) is 2.77. The predicted octanol–water partition coefficient (Wildman–Crippen LogP) is 2.52. The summed E-state index contributed by atoms with van der Waals surface area (Å²) in [6.45, 7) is 3.00. The van der Waals surface area contributed by atoms with Gasteiger partial charge in [-0.3, -0.25) is 4.79 Å². The summed E-state index contributed by atoms with van der Waals surface area (Å²) in [5.74, 6) is -0.165. The predicted molar refractivity (Wildman–Crippen MR) is 66.2 cm³/mol. The minimum Gasteiger partial charge on any atom is -0.324 e. The van der Waals surface area contributed by atoms with E-state index >= 15 is 0 Å². The topological polar surface area (TPSA) is 40.6 Å². The molecule has 1 saturated heterocycles. The molecule has 0 saturated carbocycles. The van der Waals surface area contributed by atoms with E-state index in [0.717, 1.165) is 0 Å². The van der Waals surface area contributed by atoms with Gasteiger partial charge in [0.05, 0.1) is 5.69 Å². The van der Waals surface area contributed by atoms with E-state index in [1.165, 1.54) is 4.90 Å². The van der Waals surface area contributed by atoms with E-state index < -0.39 is 0 Å². The van der Waals surface area contributed by atoms with Gasteiger partial charge in [-0.05, 0) is 31.2 Å². The van der Waals surface area contributed by atoms with E-state index in [1.54, 1.807) is 29.2 Å². The van der Waals surface area contributed by atoms with Crippen LogP contribution in [0.25, 0.3) is 0 Å². The van der Waals surface area contributed by atoms with Crippen LogP contribution in [0.3, 0.4) is 0 Å². The monoisotopic (exact) mass is 252 g/mol. The number of halogens is 1. The van der Waals surface area contributed by atoms with Crippen LogP contribution in [0.4, 0.5) is 10.5 Å². The molecule has 3 amide bonds. The summed E-state index contributed by atoms with van der Waals surface area (Å²) in [6.07, 6.45) is 0.363. The van der Waals surface area contributed by atoms with Gasteiger partial charge in [-0.25, -0.2) is 9.69 Å². The number of carbonyl (C=O) groups excluding carboxylic acids is 2. The van der Waals surface area contributed by atoms with Crippen LogP contribution in [0, 0.1) is 0 Å². The lowest BCUT2D eigenvalue weighted by Gasteiger charge is -2.33. The highest BCUT2D eigenvalue weighted by molar-refractivity contribution is 6.30. The second kappa shape index (κ2) is 4.75. The second-order valence-electron chi connectivity index (χ2n) is 3.82. The Morgan fingerprint density at radius 3 is 2.47 bits per heavy atom. The van der Waals surface area contributed by atoms with Crippen LogP contribution in [-0.4, -0.2) is 29.9 Å². The number of carbonyl (C=O) groups is 2. The molecule has 0 aliphatic carbocycles. The molecule has 1 fully saturated rings. The van der Waals surface area contributed by atoms with E-state index in [4.69, 9.17) is 11.6 Å². The van der Waals surface area contributed by atoms with Crippen molar-refractivity contribution in [3.63, 3.8) is 0 Å². The van der Waals surface area contributed by atoms with Gasteiger partial charge >= 0.3 is 6.03 Å². The molecule has 1 aromatic rings. The molecule has 17 heavy (non-hydrogen) atoms. The van der Waals surface area contributed by atoms with Crippen molar-refractivity contribution in [1.82, 2.24) is 4.90 Å². The highest BCUT2D eigenvalue weighted by Crippen LogP contribution is 2.22. The fourth-order valence-corrected chi connectivity index (χ4v) is 1.95. The van der Waals surface area contributed by atoms with Crippen molar-refractivity contribution in [2.24, 2.45) is 0 Å². The van der Waals surface area contributed by atoms with Crippen LogP contribution in [0.2, 0.25) is 5.02 Å². The Kier molecular flexibility index (Phi) is 3.33. The number of urea groups is 1. The number of nitrogens with zero attached hydrogens (tertiary/aromatic N) is 2. The molecule has 1 aliphatic rings. The lowest BCUT2D eigenvalue weighted by molar-refractivity contribution is -0.119. The Labute approximate surface area is 105 Å². The van der Waals surface area contributed by atoms with Crippen molar-refractivity contribution in [2.75, 3.05) is 18.0 Å². The Morgan fingerprint density at radius 1 is 1.24 bits per heavy atom. The fraction of sp³-hybridized carbons (Fsp3) is 0.333. The van der Waals surface area contributed by atoms with Gasteiger partial charge in [0.25, 0.3) is 0 Å². The number of amides is 3. The summed E-state index contributed by atoms with van der Waals surface area (Å²) >= 11 is 5.78. The molecule has 0 bridgehead atoms. The zero-order valence-electron chi connectivity index (χ0n) is 9.52. The summed E-state index contributed by atoms with van der Waals surface area (Å²) in [5, 5.41) is 0.581. The van der Waals surface area contributed by atoms with Crippen molar-refractivity contribution < 1.29 is 9.59 Å². The van der Waals surface area contributed by atoms with Crippen molar-refractivity contribution in [2.45, 2.75) is 13.3 Å². The minimum absolute atomic E-state index is 0.165. The summed E-state index contributed by atoms with van der Waals surface area (Å²) in [7, 11) is 0. The number of hydrogen-bond donors (Lipinski definition) is 0. The quantitative estimate of drug-likeness (QED) is 0.812. The zero-order valence-corrected chi connectivity index (χ0v) is 10.3. The van der Waals surface area contributed by atoms with Crippen molar-refractivity contribution in [3.8, 4) is 0 Å². The molecule has 2 rings (SSSR count). The van der Waals surface area contributed by atoms with Gasteiger partial charge < -0.3 is 4.90 Å². The Morgan fingerprint density at radius 2 is 1.88 bits per heavy atom. The van der Waals surface area contributed by atoms with Gasteiger partial charge in [-0.2, -0.15) is 0 Å². The first-order valence-corrected chi connectivity index (χ1v) is 5.88. The van der Waals surface area contributed by atoms with Crippen LogP contribution >= 0.6 is 11.6 Å². The van der Waals surface area contributed by atoms with E-state index in [1.807, 2.05) is 6.92 Å². The standard InChI is InChI=1S/C12H13ClN2O2/c1-2-14-8-7-11(16)15(12(14)17)10-5-3-9(13)4-6-10/h3-6H,2,7-8H2,1H3. The zero-order chi connectivity index (χ0) is 12.4. The van der Waals surface area contributed by atoms with Crippen LogP contribution in [0.5, 0.6) is 0 Å². The first kappa shape index (κ1) is 11.9. The van der Waals surface area contributed by atoms with Gasteiger partial charge in [-0.1, -0.05) is 11.6 Å².